The van der Waals surface area contributed by atoms with Crippen molar-refractivity contribution in [3.63, 3.8) is 0 Å². The van der Waals surface area contributed by atoms with Crippen LogP contribution >= 0.6 is 0 Å². The minimum absolute atomic E-state index is 0.177. The van der Waals surface area contributed by atoms with Gasteiger partial charge < -0.3 is 0 Å². The molecule has 0 radical (unpaired) electrons. The van der Waals surface area contributed by atoms with Crippen LogP contribution in [0, 0.1) is 0 Å². The maximum absolute atomic E-state index is 13.1. The molecular weight excluding hydrogens is 397 g/mol. The average molecular weight is 416 g/mol. The Hall–Kier alpha value is -1.94. The van der Waals surface area contributed by atoms with Gasteiger partial charge in [-0.05, 0) is 49.9 Å². The molecule has 3 heterocycles. The molecule has 3 aliphatic rings. The number of amides is 2. The molecule has 0 spiro atoms. The second kappa shape index (κ2) is 6.55. The Morgan fingerprint density at radius 1 is 0.857 bits per heavy atom. The number of nitrogens with zero attached hydrogens (tertiary/aromatic N) is 2. The van der Waals surface area contributed by atoms with Crippen LogP contribution < -0.4 is 0 Å². The van der Waals surface area contributed by atoms with Gasteiger partial charge in [-0.15, -0.1) is 0 Å². The van der Waals surface area contributed by atoms with E-state index in [1.165, 1.54) is 9.21 Å². The van der Waals surface area contributed by atoms with E-state index < -0.39 is 21.8 Å². The van der Waals surface area contributed by atoms with Gasteiger partial charge in [0.25, 0.3) is 0 Å². The van der Waals surface area contributed by atoms with Crippen molar-refractivity contribution < 1.29 is 31.2 Å². The van der Waals surface area contributed by atoms with Gasteiger partial charge in [-0.3, -0.25) is 14.5 Å². The Labute approximate surface area is 160 Å². The van der Waals surface area contributed by atoms with Gasteiger partial charge in [0, 0.05) is 31.0 Å². The fourth-order valence-corrected chi connectivity index (χ4v) is 6.54. The molecule has 6 nitrogen and oxygen atoms in total. The molecule has 2 unspecified atom stereocenters. The number of likely N-dealkylation sites (tertiary alicyclic amines) is 1. The number of hydrogen-bond acceptors (Lipinski definition) is 4. The van der Waals surface area contributed by atoms with E-state index in [0.717, 1.165) is 24.3 Å². The zero-order valence-corrected chi connectivity index (χ0v) is 15.7. The molecule has 2 amide bonds. The SMILES string of the molecule is O=C1CCC(=O)N1C1CC2CCC(C1)N2S(=O)(=O)c1ccc(C(F)(F)F)cc1. The molecule has 152 valence electrons. The molecule has 2 atom stereocenters. The molecule has 3 saturated heterocycles. The number of alkyl halides is 3. The summed E-state index contributed by atoms with van der Waals surface area (Å²) >= 11 is 0. The van der Waals surface area contributed by atoms with Crippen LogP contribution in [0.4, 0.5) is 13.2 Å². The topological polar surface area (TPSA) is 74.8 Å². The molecule has 1 aromatic carbocycles. The van der Waals surface area contributed by atoms with Crippen LogP contribution in [0.25, 0.3) is 0 Å². The first kappa shape index (κ1) is 19.4. The van der Waals surface area contributed by atoms with Gasteiger partial charge in [0.1, 0.15) is 0 Å². The fourth-order valence-electron chi connectivity index (χ4n) is 4.65. The molecule has 0 aliphatic carbocycles. The third-order valence-corrected chi connectivity index (χ3v) is 7.87. The number of hydrogen-bond donors (Lipinski definition) is 0. The van der Waals surface area contributed by atoms with Crippen molar-refractivity contribution in [2.75, 3.05) is 0 Å². The first-order chi connectivity index (χ1) is 13.1. The van der Waals surface area contributed by atoms with Crippen molar-refractivity contribution >= 4 is 21.8 Å². The zero-order chi connectivity index (χ0) is 20.3. The molecule has 2 bridgehead atoms. The zero-order valence-electron chi connectivity index (χ0n) is 14.9. The van der Waals surface area contributed by atoms with Crippen molar-refractivity contribution in [3.05, 3.63) is 29.8 Å². The Morgan fingerprint density at radius 3 is 1.82 bits per heavy atom. The summed E-state index contributed by atoms with van der Waals surface area (Å²) in [7, 11) is -3.96. The number of piperidine rings is 1. The van der Waals surface area contributed by atoms with Crippen LogP contribution in [0.2, 0.25) is 0 Å². The quantitative estimate of drug-likeness (QED) is 0.710. The normalized spacial score (nSPS) is 29.0. The third-order valence-electron chi connectivity index (χ3n) is 5.85. The number of carbonyl (C=O) groups is 2. The van der Waals surface area contributed by atoms with Gasteiger partial charge in [0.2, 0.25) is 21.8 Å². The second-order valence-electron chi connectivity index (χ2n) is 7.52. The molecule has 0 saturated carbocycles. The third kappa shape index (κ3) is 3.12. The largest absolute Gasteiger partial charge is 0.416 e. The standard InChI is InChI=1S/C18H19F3N2O4S/c19-18(20,21)11-1-5-15(6-2-11)28(26,27)23-12-3-4-13(23)10-14(9-12)22-16(24)7-8-17(22)25/h1-2,5-6,12-14H,3-4,7-10H2. The van der Waals surface area contributed by atoms with Gasteiger partial charge in [0.15, 0.2) is 0 Å². The Bertz CT molecular complexity index is 884. The van der Waals surface area contributed by atoms with E-state index in [9.17, 15) is 31.2 Å². The molecule has 1 aromatic rings. The monoisotopic (exact) mass is 416 g/mol. The number of fused-ring (bicyclic) bond motifs is 2. The van der Waals surface area contributed by atoms with Crippen molar-refractivity contribution in [3.8, 4) is 0 Å². The number of imide groups is 1. The first-order valence-corrected chi connectivity index (χ1v) is 10.6. The summed E-state index contributed by atoms with van der Waals surface area (Å²) < 4.78 is 65.7. The maximum atomic E-state index is 13.1. The van der Waals surface area contributed by atoms with Crippen LogP contribution in [-0.2, 0) is 25.8 Å². The minimum Gasteiger partial charge on any atom is -0.279 e. The Morgan fingerprint density at radius 2 is 1.36 bits per heavy atom. The van der Waals surface area contributed by atoms with Crippen LogP contribution in [0.15, 0.2) is 29.2 Å². The number of carbonyl (C=O) groups excluding carboxylic acids is 2. The number of halogens is 3. The van der Waals surface area contributed by atoms with Gasteiger partial charge in [-0.1, -0.05) is 0 Å². The van der Waals surface area contributed by atoms with Crippen molar-refractivity contribution in [1.29, 1.82) is 0 Å². The summed E-state index contributed by atoms with van der Waals surface area (Å²) in [4.78, 5) is 25.1. The lowest BCUT2D eigenvalue weighted by molar-refractivity contribution is -0.142. The van der Waals surface area contributed by atoms with Crippen molar-refractivity contribution in [2.45, 2.75) is 67.7 Å². The highest BCUT2D eigenvalue weighted by Crippen LogP contribution is 2.42. The summed E-state index contributed by atoms with van der Waals surface area (Å²) in [6, 6.07) is 2.47. The van der Waals surface area contributed by atoms with E-state index in [-0.39, 0.29) is 47.7 Å². The maximum Gasteiger partial charge on any atom is 0.416 e. The predicted molar refractivity (Wildman–Crippen MR) is 91.4 cm³/mol. The van der Waals surface area contributed by atoms with Crippen molar-refractivity contribution in [2.24, 2.45) is 0 Å². The van der Waals surface area contributed by atoms with Gasteiger partial charge in [0.05, 0.1) is 10.5 Å². The number of rotatable bonds is 3. The molecule has 28 heavy (non-hydrogen) atoms. The predicted octanol–water partition coefficient (Wildman–Crippen LogP) is 2.54. The van der Waals surface area contributed by atoms with E-state index in [4.69, 9.17) is 0 Å². The van der Waals surface area contributed by atoms with E-state index in [1.807, 2.05) is 0 Å². The lowest BCUT2D eigenvalue weighted by Crippen LogP contribution is -2.53. The van der Waals surface area contributed by atoms with Gasteiger partial charge in [-0.25, -0.2) is 8.42 Å². The molecule has 0 N–H and O–H groups in total. The van der Waals surface area contributed by atoms with E-state index in [1.54, 1.807) is 0 Å². The second-order valence-corrected chi connectivity index (χ2v) is 9.37. The van der Waals surface area contributed by atoms with E-state index in [2.05, 4.69) is 0 Å². The van der Waals surface area contributed by atoms with E-state index in [0.29, 0.717) is 25.7 Å². The van der Waals surface area contributed by atoms with Crippen LogP contribution in [0.5, 0.6) is 0 Å². The Balaban J connectivity index is 1.57. The highest BCUT2D eigenvalue weighted by molar-refractivity contribution is 7.89. The smallest absolute Gasteiger partial charge is 0.279 e. The molecule has 10 heteroatoms. The first-order valence-electron chi connectivity index (χ1n) is 9.15. The summed E-state index contributed by atoms with van der Waals surface area (Å²) in [5.41, 5.74) is -0.904. The molecule has 4 rings (SSSR count). The van der Waals surface area contributed by atoms with Crippen LogP contribution in [-0.4, -0.2) is 47.6 Å². The van der Waals surface area contributed by atoms with Gasteiger partial charge >= 0.3 is 6.18 Å². The minimum atomic E-state index is -4.53. The van der Waals surface area contributed by atoms with Gasteiger partial charge in [-0.2, -0.15) is 17.5 Å². The van der Waals surface area contributed by atoms with Crippen LogP contribution in [0.3, 0.4) is 0 Å². The summed E-state index contributed by atoms with van der Waals surface area (Å²) in [5, 5.41) is 0. The van der Waals surface area contributed by atoms with Crippen molar-refractivity contribution in [1.82, 2.24) is 9.21 Å². The summed E-state index contributed by atoms with van der Waals surface area (Å²) in [5.74, 6) is -0.429. The van der Waals surface area contributed by atoms with Crippen LogP contribution in [0.1, 0.15) is 44.1 Å². The Kier molecular flexibility index (Phi) is 4.53. The van der Waals surface area contributed by atoms with E-state index >= 15 is 0 Å². The average Bonchev–Trinajstić information content (AvgIpc) is 3.11. The number of sulfonamides is 1. The molecule has 0 aromatic heterocycles. The fraction of sp³-hybridized carbons (Fsp3) is 0.556. The lowest BCUT2D eigenvalue weighted by atomic mass is 9.98. The highest BCUT2D eigenvalue weighted by Gasteiger charge is 2.50. The molecule has 3 fully saturated rings. The summed E-state index contributed by atoms with van der Waals surface area (Å²) in [6.45, 7) is 0. The molecule has 3 aliphatic heterocycles. The number of benzene rings is 1. The molecular formula is C18H19F3N2O4S. The highest BCUT2D eigenvalue weighted by atomic mass is 32.2. The lowest BCUT2D eigenvalue weighted by Gasteiger charge is -2.40. The summed E-state index contributed by atoms with van der Waals surface area (Å²) in [6.07, 6.45) is -2.19.